The normalized spacial score (nSPS) is 27.4. The van der Waals surface area contributed by atoms with Crippen LogP contribution in [0.2, 0.25) is 0 Å². The van der Waals surface area contributed by atoms with Crippen molar-refractivity contribution in [3.63, 3.8) is 0 Å². The van der Waals surface area contributed by atoms with Gasteiger partial charge in [-0.2, -0.15) is 0 Å². The third-order valence-electron chi connectivity index (χ3n) is 7.53. The molecule has 0 radical (unpaired) electrons. The summed E-state index contributed by atoms with van der Waals surface area (Å²) in [5.41, 5.74) is 3.79. The molecule has 2 fully saturated rings. The van der Waals surface area contributed by atoms with Crippen molar-refractivity contribution < 1.29 is 19.1 Å². The molecule has 3 aliphatic heterocycles. The summed E-state index contributed by atoms with van der Waals surface area (Å²) in [7, 11) is 0. The number of terminal acetylenes is 1. The molecule has 1 aromatic rings. The number of carbonyl (C=O) groups excluding carboxylic acids is 3. The lowest BCUT2D eigenvalue weighted by atomic mass is 10.0. The van der Waals surface area contributed by atoms with E-state index in [4.69, 9.17) is 11.2 Å². The first-order valence-corrected chi connectivity index (χ1v) is 12.3. The molecule has 5 rings (SSSR count). The largest absolute Gasteiger partial charge is 0.489 e. The molecular formula is C27H30N4O4. The number of ether oxygens (including phenoxy) is 1. The molecule has 1 saturated carbocycles. The Kier molecular flexibility index (Phi) is 6.44. The zero-order valence-corrected chi connectivity index (χ0v) is 20.0. The predicted molar refractivity (Wildman–Crippen MR) is 131 cm³/mol. The first-order chi connectivity index (χ1) is 16.9. The highest BCUT2D eigenvalue weighted by Crippen LogP contribution is 2.34. The SMILES string of the molecule is C#C/C=N\C1=C(C)CN([C@@H]2CCC[C@H]2Oc2ccc3c(c2)CN(C2CCC(=O)NC2=O)C3=O)CC1. The fourth-order valence-electron chi connectivity index (χ4n) is 5.77. The highest BCUT2D eigenvalue weighted by molar-refractivity contribution is 6.05. The number of benzene rings is 1. The highest BCUT2D eigenvalue weighted by atomic mass is 16.5. The fourth-order valence-corrected chi connectivity index (χ4v) is 5.77. The summed E-state index contributed by atoms with van der Waals surface area (Å²) in [6.45, 7) is 4.26. The van der Waals surface area contributed by atoms with Gasteiger partial charge in [-0.15, -0.1) is 6.42 Å². The van der Waals surface area contributed by atoms with Crippen LogP contribution < -0.4 is 10.1 Å². The van der Waals surface area contributed by atoms with Crippen LogP contribution in [0.5, 0.6) is 5.75 Å². The van der Waals surface area contributed by atoms with Gasteiger partial charge in [0.1, 0.15) is 17.9 Å². The lowest BCUT2D eigenvalue weighted by Gasteiger charge is -2.36. The van der Waals surface area contributed by atoms with E-state index in [2.05, 4.69) is 28.1 Å². The number of hydrogen-bond donors (Lipinski definition) is 1. The molecule has 182 valence electrons. The van der Waals surface area contributed by atoms with Gasteiger partial charge in [0, 0.05) is 49.8 Å². The number of hydrogen-bond acceptors (Lipinski definition) is 6. The van der Waals surface area contributed by atoms with E-state index in [1.165, 1.54) is 11.8 Å². The maximum Gasteiger partial charge on any atom is 0.255 e. The monoisotopic (exact) mass is 474 g/mol. The average Bonchev–Trinajstić information content (AvgIpc) is 3.42. The maximum atomic E-state index is 12.9. The van der Waals surface area contributed by atoms with Gasteiger partial charge in [-0.05, 0) is 61.9 Å². The summed E-state index contributed by atoms with van der Waals surface area (Å²) < 4.78 is 6.48. The van der Waals surface area contributed by atoms with Crippen LogP contribution in [0.3, 0.4) is 0 Å². The van der Waals surface area contributed by atoms with Crippen molar-refractivity contribution in [3.05, 3.63) is 40.6 Å². The Morgan fingerprint density at radius 1 is 1.17 bits per heavy atom. The minimum atomic E-state index is -0.610. The van der Waals surface area contributed by atoms with E-state index < -0.39 is 11.9 Å². The Balaban J connectivity index is 1.26. The number of piperidine rings is 1. The van der Waals surface area contributed by atoms with Gasteiger partial charge < -0.3 is 9.64 Å². The molecule has 1 N–H and O–H groups in total. The number of amides is 3. The lowest BCUT2D eigenvalue weighted by molar-refractivity contribution is -0.136. The van der Waals surface area contributed by atoms with Gasteiger partial charge in [0.25, 0.3) is 5.91 Å². The van der Waals surface area contributed by atoms with Crippen molar-refractivity contribution in [2.24, 2.45) is 4.99 Å². The number of nitrogens with one attached hydrogen (secondary N) is 1. The molecule has 1 aromatic carbocycles. The third kappa shape index (κ3) is 4.61. The molecule has 0 spiro atoms. The molecule has 3 amide bonds. The first kappa shape index (κ1) is 23.3. The second kappa shape index (κ2) is 9.67. The van der Waals surface area contributed by atoms with Gasteiger partial charge in [-0.1, -0.05) is 5.92 Å². The molecular weight excluding hydrogens is 444 g/mol. The van der Waals surface area contributed by atoms with Crippen LogP contribution in [-0.2, 0) is 16.1 Å². The van der Waals surface area contributed by atoms with Crippen LogP contribution in [0.15, 0.2) is 34.5 Å². The van der Waals surface area contributed by atoms with Crippen LogP contribution in [-0.4, -0.2) is 65.0 Å². The Hall–Kier alpha value is -3.44. The van der Waals surface area contributed by atoms with Crippen LogP contribution in [0.1, 0.15) is 61.4 Å². The van der Waals surface area contributed by atoms with Gasteiger partial charge >= 0.3 is 0 Å². The number of aliphatic imine (C=N–C) groups is 1. The quantitative estimate of drug-likeness (QED) is 0.402. The van der Waals surface area contributed by atoms with Crippen molar-refractivity contribution in [3.8, 4) is 18.1 Å². The predicted octanol–water partition coefficient (Wildman–Crippen LogP) is 2.43. The molecule has 8 nitrogen and oxygen atoms in total. The van der Waals surface area contributed by atoms with E-state index in [0.29, 0.717) is 24.6 Å². The Bertz CT molecular complexity index is 1160. The zero-order valence-electron chi connectivity index (χ0n) is 20.0. The Morgan fingerprint density at radius 3 is 2.80 bits per heavy atom. The van der Waals surface area contributed by atoms with Crippen molar-refractivity contribution in [1.29, 1.82) is 0 Å². The topological polar surface area (TPSA) is 91.3 Å². The van der Waals surface area contributed by atoms with E-state index >= 15 is 0 Å². The molecule has 4 aliphatic rings. The smallest absolute Gasteiger partial charge is 0.255 e. The molecule has 35 heavy (non-hydrogen) atoms. The molecule has 1 saturated heterocycles. The molecule has 3 atom stereocenters. The van der Waals surface area contributed by atoms with Crippen molar-refractivity contribution >= 4 is 23.9 Å². The van der Waals surface area contributed by atoms with Gasteiger partial charge in [-0.3, -0.25) is 29.6 Å². The summed E-state index contributed by atoms with van der Waals surface area (Å²) >= 11 is 0. The van der Waals surface area contributed by atoms with E-state index in [0.717, 1.165) is 55.8 Å². The minimum absolute atomic E-state index is 0.0833. The summed E-state index contributed by atoms with van der Waals surface area (Å²) in [5.74, 6) is 2.37. The summed E-state index contributed by atoms with van der Waals surface area (Å²) in [6.07, 6.45) is 11.6. The molecule has 1 unspecified atom stereocenters. The molecule has 0 bridgehead atoms. The van der Waals surface area contributed by atoms with Crippen LogP contribution in [0.4, 0.5) is 0 Å². The highest BCUT2D eigenvalue weighted by Gasteiger charge is 2.40. The standard InChI is InChI=1S/C27H30N4O4/c1-3-12-28-21-11-13-30(15-17(21)2)22-5-4-6-24(22)35-19-7-8-20-18(14-19)16-31(27(20)34)23-9-10-25(32)29-26(23)33/h1,7-8,12,14,22-24H,4-6,9-11,13,15-16H2,2H3,(H,29,32,33)/b28-12-/t22-,23?,24-/m1/s1. The van der Waals surface area contributed by atoms with Crippen LogP contribution in [0, 0.1) is 12.3 Å². The van der Waals surface area contributed by atoms with E-state index in [1.807, 2.05) is 12.1 Å². The molecule has 8 heteroatoms. The second-order valence-electron chi connectivity index (χ2n) is 9.75. The third-order valence-corrected chi connectivity index (χ3v) is 7.53. The Morgan fingerprint density at radius 2 is 2.03 bits per heavy atom. The van der Waals surface area contributed by atoms with E-state index in [-0.39, 0.29) is 24.3 Å². The fraction of sp³-hybridized carbons (Fsp3) is 0.481. The number of imide groups is 1. The number of nitrogens with zero attached hydrogens (tertiary/aromatic N) is 3. The second-order valence-corrected chi connectivity index (χ2v) is 9.75. The minimum Gasteiger partial charge on any atom is -0.489 e. The molecule has 0 aromatic heterocycles. The Labute approximate surface area is 205 Å². The average molecular weight is 475 g/mol. The van der Waals surface area contributed by atoms with E-state index in [1.54, 1.807) is 11.0 Å². The van der Waals surface area contributed by atoms with Crippen molar-refractivity contribution in [2.45, 2.75) is 70.2 Å². The summed E-state index contributed by atoms with van der Waals surface area (Å²) in [5, 5.41) is 2.34. The van der Waals surface area contributed by atoms with Gasteiger partial charge in [0.15, 0.2) is 0 Å². The molecule has 3 heterocycles. The number of carbonyl (C=O) groups is 3. The van der Waals surface area contributed by atoms with E-state index in [9.17, 15) is 14.4 Å². The van der Waals surface area contributed by atoms with Gasteiger partial charge in [0.2, 0.25) is 11.8 Å². The first-order valence-electron chi connectivity index (χ1n) is 12.3. The van der Waals surface area contributed by atoms with Crippen molar-refractivity contribution in [1.82, 2.24) is 15.1 Å². The zero-order chi connectivity index (χ0) is 24.5. The summed E-state index contributed by atoms with van der Waals surface area (Å²) in [6, 6.07) is 5.31. The van der Waals surface area contributed by atoms with Gasteiger partial charge in [0.05, 0.1) is 6.21 Å². The van der Waals surface area contributed by atoms with Gasteiger partial charge in [-0.25, -0.2) is 0 Å². The summed E-state index contributed by atoms with van der Waals surface area (Å²) in [4.78, 5) is 45.2. The van der Waals surface area contributed by atoms with Crippen molar-refractivity contribution in [2.75, 3.05) is 13.1 Å². The van der Waals surface area contributed by atoms with Crippen LogP contribution in [0.25, 0.3) is 0 Å². The number of rotatable bonds is 5. The van der Waals surface area contributed by atoms with Crippen LogP contribution >= 0.6 is 0 Å². The maximum absolute atomic E-state index is 12.9. The number of fused-ring (bicyclic) bond motifs is 1. The molecule has 1 aliphatic carbocycles. The lowest BCUT2D eigenvalue weighted by Crippen LogP contribution is -2.52.